The minimum atomic E-state index is -3.67. The third kappa shape index (κ3) is 5.61. The maximum atomic E-state index is 14.3. The van der Waals surface area contributed by atoms with Crippen LogP contribution >= 0.6 is 11.3 Å². The lowest BCUT2D eigenvalue weighted by molar-refractivity contribution is 0.0997. The molecule has 0 atom stereocenters. The molecule has 0 aliphatic carbocycles. The Balaban J connectivity index is 1.92. The first-order chi connectivity index (χ1) is 16.2. The topological polar surface area (TPSA) is 71.7 Å². The third-order valence-electron chi connectivity index (χ3n) is 5.47. The number of carbonyl (C=O) groups is 1. The normalized spacial score (nSPS) is 12.7. The zero-order valence-electron chi connectivity index (χ0n) is 19.6. The van der Waals surface area contributed by atoms with E-state index in [0.717, 1.165) is 43.1 Å². The summed E-state index contributed by atoms with van der Waals surface area (Å²) < 4.78 is 57.5. The number of hydrogen-bond donors (Lipinski definition) is 0. The molecule has 2 aromatic carbocycles. The molecular weight excluding hydrogens is 480 g/mol. The molecule has 0 unspecified atom stereocenters. The molecule has 1 aromatic heterocycles. The van der Waals surface area contributed by atoms with E-state index < -0.39 is 27.6 Å². The second kappa shape index (κ2) is 11.3. The van der Waals surface area contributed by atoms with Crippen LogP contribution in [0.2, 0.25) is 0 Å². The predicted molar refractivity (Wildman–Crippen MR) is 130 cm³/mol. The fraction of sp³-hybridized carbons (Fsp3) is 0.417. The molecule has 3 aromatic rings. The van der Waals surface area contributed by atoms with Gasteiger partial charge in [-0.15, -0.1) is 0 Å². The van der Waals surface area contributed by atoms with E-state index in [4.69, 9.17) is 0 Å². The summed E-state index contributed by atoms with van der Waals surface area (Å²) in [4.78, 5) is 17.3. The summed E-state index contributed by atoms with van der Waals surface area (Å²) in [7, 11) is -3.67. The molecule has 0 aliphatic heterocycles. The Morgan fingerprint density at radius 3 is 2.21 bits per heavy atom. The summed E-state index contributed by atoms with van der Waals surface area (Å²) in [6, 6.07) is 7.70. The molecular formula is C24H29F2N3O3S2. The molecule has 0 fully saturated rings. The molecule has 3 rings (SSSR count). The number of thiazole rings is 1. The number of aromatic nitrogens is 1. The Morgan fingerprint density at radius 2 is 1.65 bits per heavy atom. The maximum absolute atomic E-state index is 14.3. The minimum absolute atomic E-state index is 0.124. The molecule has 1 heterocycles. The van der Waals surface area contributed by atoms with Crippen molar-refractivity contribution in [2.45, 2.75) is 57.9 Å². The number of aryl methyl sites for hydroxylation is 1. The lowest BCUT2D eigenvalue weighted by Gasteiger charge is -2.22. The standard InChI is InChI=1S/C24H29F2N3O3S2/c1-4-7-13-28(14-8-5-2)34(31,32)19-11-9-17(10-12-19)23(30)27-24-29(6-3)22-20(26)15-18(25)16-21(22)33-24/h9-12,15-16H,4-8,13-14H2,1-3H3. The largest absolute Gasteiger partial charge is 0.314 e. The second-order valence-corrected chi connectivity index (χ2v) is 10.9. The number of unbranched alkanes of at least 4 members (excludes halogenated alkanes) is 2. The number of nitrogens with zero attached hydrogens (tertiary/aromatic N) is 3. The second-order valence-electron chi connectivity index (χ2n) is 7.92. The van der Waals surface area contributed by atoms with Crippen LogP contribution in [-0.2, 0) is 16.6 Å². The van der Waals surface area contributed by atoms with E-state index in [-0.39, 0.29) is 20.8 Å². The van der Waals surface area contributed by atoms with Gasteiger partial charge < -0.3 is 4.57 Å². The molecule has 0 spiro atoms. The first-order valence-electron chi connectivity index (χ1n) is 11.4. The molecule has 6 nitrogen and oxygen atoms in total. The summed E-state index contributed by atoms with van der Waals surface area (Å²) >= 11 is 1.02. The molecule has 0 saturated heterocycles. The zero-order valence-corrected chi connectivity index (χ0v) is 21.2. The summed E-state index contributed by atoms with van der Waals surface area (Å²) in [5.74, 6) is -2.00. The van der Waals surface area contributed by atoms with Crippen molar-refractivity contribution in [3.63, 3.8) is 0 Å². The fourth-order valence-corrected chi connectivity index (χ4v) is 6.25. The first-order valence-corrected chi connectivity index (χ1v) is 13.7. The van der Waals surface area contributed by atoms with E-state index in [1.807, 2.05) is 13.8 Å². The molecule has 1 amide bonds. The summed E-state index contributed by atoms with van der Waals surface area (Å²) in [5, 5.41) is 0. The maximum Gasteiger partial charge on any atom is 0.279 e. The van der Waals surface area contributed by atoms with Gasteiger partial charge >= 0.3 is 0 Å². The average molecular weight is 510 g/mol. The van der Waals surface area contributed by atoms with E-state index in [1.165, 1.54) is 39.2 Å². The van der Waals surface area contributed by atoms with Crippen molar-refractivity contribution in [2.24, 2.45) is 4.99 Å². The lowest BCUT2D eigenvalue weighted by Crippen LogP contribution is -2.33. The summed E-state index contributed by atoms with van der Waals surface area (Å²) in [6.07, 6.45) is 3.32. The van der Waals surface area contributed by atoms with Crippen LogP contribution < -0.4 is 4.80 Å². The molecule has 0 bridgehead atoms. The van der Waals surface area contributed by atoms with Crippen LogP contribution in [0.25, 0.3) is 10.2 Å². The van der Waals surface area contributed by atoms with Gasteiger partial charge in [0.1, 0.15) is 5.82 Å². The third-order valence-corrected chi connectivity index (χ3v) is 8.41. The number of rotatable bonds is 10. The first kappa shape index (κ1) is 26.2. The van der Waals surface area contributed by atoms with E-state index in [9.17, 15) is 22.0 Å². The molecule has 0 aliphatic rings. The molecule has 184 valence electrons. The fourth-order valence-electron chi connectivity index (χ4n) is 3.60. The van der Waals surface area contributed by atoms with Crippen LogP contribution in [0, 0.1) is 11.6 Å². The van der Waals surface area contributed by atoms with Gasteiger partial charge in [-0.1, -0.05) is 38.0 Å². The average Bonchev–Trinajstić information content (AvgIpc) is 3.16. The van der Waals surface area contributed by atoms with Gasteiger partial charge in [0.2, 0.25) is 10.0 Å². The van der Waals surface area contributed by atoms with Gasteiger partial charge in [-0.3, -0.25) is 4.79 Å². The Morgan fingerprint density at radius 1 is 1.03 bits per heavy atom. The Kier molecular flexibility index (Phi) is 8.72. The van der Waals surface area contributed by atoms with Crippen LogP contribution in [0.15, 0.2) is 46.3 Å². The van der Waals surface area contributed by atoms with Crippen molar-refractivity contribution in [2.75, 3.05) is 13.1 Å². The van der Waals surface area contributed by atoms with Crippen molar-refractivity contribution in [3.05, 3.63) is 58.4 Å². The molecule has 0 N–H and O–H groups in total. The lowest BCUT2D eigenvalue weighted by atomic mass is 10.2. The molecule has 10 heteroatoms. The monoisotopic (exact) mass is 509 g/mol. The Hall–Kier alpha value is -2.43. The van der Waals surface area contributed by atoms with Gasteiger partial charge in [-0.2, -0.15) is 9.30 Å². The van der Waals surface area contributed by atoms with Gasteiger partial charge in [0.25, 0.3) is 5.91 Å². The van der Waals surface area contributed by atoms with E-state index in [2.05, 4.69) is 4.99 Å². The number of benzene rings is 2. The van der Waals surface area contributed by atoms with Gasteiger partial charge in [-0.05, 0) is 50.1 Å². The number of amides is 1. The van der Waals surface area contributed by atoms with Gasteiger partial charge in [-0.25, -0.2) is 17.2 Å². The predicted octanol–water partition coefficient (Wildman–Crippen LogP) is 5.33. The van der Waals surface area contributed by atoms with Gasteiger partial charge in [0.05, 0.1) is 15.1 Å². The molecule has 34 heavy (non-hydrogen) atoms. The van der Waals surface area contributed by atoms with E-state index in [0.29, 0.717) is 24.3 Å². The van der Waals surface area contributed by atoms with E-state index >= 15 is 0 Å². The van der Waals surface area contributed by atoms with Gasteiger partial charge in [0.15, 0.2) is 10.6 Å². The van der Waals surface area contributed by atoms with Crippen molar-refractivity contribution >= 4 is 37.5 Å². The number of sulfonamides is 1. The van der Waals surface area contributed by atoms with Crippen molar-refractivity contribution in [1.29, 1.82) is 0 Å². The summed E-state index contributed by atoms with van der Waals surface area (Å²) in [5.41, 5.74) is 0.403. The quantitative estimate of drug-likeness (QED) is 0.371. The Bertz CT molecular complexity index is 1320. The summed E-state index contributed by atoms with van der Waals surface area (Å²) in [6.45, 7) is 7.05. The highest BCUT2D eigenvalue weighted by atomic mass is 32.2. The zero-order chi connectivity index (χ0) is 24.9. The number of fused-ring (bicyclic) bond motifs is 1. The highest BCUT2D eigenvalue weighted by Crippen LogP contribution is 2.23. The molecule has 0 radical (unpaired) electrons. The van der Waals surface area contributed by atoms with Crippen LogP contribution in [0.5, 0.6) is 0 Å². The van der Waals surface area contributed by atoms with Crippen LogP contribution in [0.1, 0.15) is 56.8 Å². The van der Waals surface area contributed by atoms with Gasteiger partial charge in [0, 0.05) is 31.3 Å². The minimum Gasteiger partial charge on any atom is -0.314 e. The Labute approximate surface area is 202 Å². The smallest absolute Gasteiger partial charge is 0.279 e. The van der Waals surface area contributed by atoms with Crippen LogP contribution in [-0.4, -0.2) is 36.3 Å². The van der Waals surface area contributed by atoms with Crippen molar-refractivity contribution in [1.82, 2.24) is 8.87 Å². The SMILES string of the molecule is CCCCN(CCCC)S(=O)(=O)c1ccc(C(=O)N=c2sc3cc(F)cc(F)c3n2CC)cc1. The molecule has 0 saturated carbocycles. The van der Waals surface area contributed by atoms with Crippen molar-refractivity contribution in [3.8, 4) is 0 Å². The highest BCUT2D eigenvalue weighted by Gasteiger charge is 2.24. The number of halogens is 2. The van der Waals surface area contributed by atoms with Crippen LogP contribution in [0.3, 0.4) is 0 Å². The number of hydrogen-bond acceptors (Lipinski definition) is 4. The van der Waals surface area contributed by atoms with Crippen molar-refractivity contribution < 1.29 is 22.0 Å². The van der Waals surface area contributed by atoms with Crippen LogP contribution in [0.4, 0.5) is 8.78 Å². The highest BCUT2D eigenvalue weighted by molar-refractivity contribution is 7.89. The van der Waals surface area contributed by atoms with E-state index in [1.54, 1.807) is 6.92 Å². The number of carbonyl (C=O) groups excluding carboxylic acids is 1.